The van der Waals surface area contributed by atoms with Crippen molar-refractivity contribution in [3.05, 3.63) is 76.4 Å². The molecule has 4 heteroatoms. The lowest BCUT2D eigenvalue weighted by Crippen LogP contribution is -2.01. The Labute approximate surface area is 186 Å². The van der Waals surface area contributed by atoms with Crippen LogP contribution in [0.25, 0.3) is 0 Å². The van der Waals surface area contributed by atoms with Crippen LogP contribution in [0.5, 0.6) is 0 Å². The number of aliphatic imine (C=N–C) groups is 2. The van der Waals surface area contributed by atoms with Crippen LogP contribution in [0.2, 0.25) is 0 Å². The van der Waals surface area contributed by atoms with E-state index >= 15 is 0 Å². The number of nitrogens with one attached hydrogen (secondary N) is 1. The van der Waals surface area contributed by atoms with Gasteiger partial charge in [0.05, 0.1) is 34.7 Å². The van der Waals surface area contributed by atoms with E-state index < -0.39 is 0 Å². The van der Waals surface area contributed by atoms with Crippen LogP contribution < -0.4 is 0 Å². The number of aryl methyl sites for hydroxylation is 4. The molecule has 1 N–H and O–H groups in total. The highest BCUT2D eigenvalue weighted by atomic mass is 15.0. The summed E-state index contributed by atoms with van der Waals surface area (Å²) in [5.74, 6) is 0.789. The molecule has 0 unspecified atom stereocenters. The second kappa shape index (κ2) is 10.3. The first kappa shape index (κ1) is 22.7. The molecule has 0 aliphatic heterocycles. The van der Waals surface area contributed by atoms with E-state index in [9.17, 15) is 0 Å². The van der Waals surface area contributed by atoms with Crippen molar-refractivity contribution >= 4 is 22.8 Å². The van der Waals surface area contributed by atoms with E-state index in [0.29, 0.717) is 0 Å². The lowest BCUT2D eigenvalue weighted by molar-refractivity contribution is 1.08. The van der Waals surface area contributed by atoms with Crippen LogP contribution in [0.1, 0.15) is 75.3 Å². The van der Waals surface area contributed by atoms with Gasteiger partial charge in [0.25, 0.3) is 0 Å². The molecule has 0 atom stereocenters. The molecule has 2 aromatic carbocycles. The maximum atomic E-state index is 4.99. The Morgan fingerprint density at radius 3 is 1.55 bits per heavy atom. The van der Waals surface area contributed by atoms with Crippen molar-refractivity contribution in [2.45, 2.75) is 67.2 Å². The Balaban J connectivity index is 1.96. The standard InChI is InChI=1S/C27H34N4/c1-7-20-13-11-14-21(8-2)25(20)29-18(5)24-17-28-27(31-24)19(6)30-26-22(9-3)15-12-16-23(26)10-4/h11-17H,7-10H2,1-6H3,(H,28,31). The number of hydrogen-bond donors (Lipinski definition) is 1. The van der Waals surface area contributed by atoms with Crippen molar-refractivity contribution in [3.8, 4) is 0 Å². The molecule has 1 heterocycles. The van der Waals surface area contributed by atoms with Gasteiger partial charge < -0.3 is 4.98 Å². The number of para-hydroxylation sites is 2. The van der Waals surface area contributed by atoms with E-state index in [1.165, 1.54) is 22.3 Å². The fourth-order valence-electron chi connectivity index (χ4n) is 3.85. The van der Waals surface area contributed by atoms with Crippen molar-refractivity contribution < 1.29 is 0 Å². The second-order valence-electron chi connectivity index (χ2n) is 7.80. The largest absolute Gasteiger partial charge is 0.336 e. The van der Waals surface area contributed by atoms with Gasteiger partial charge in [-0.25, -0.2) is 9.98 Å². The Kier molecular flexibility index (Phi) is 7.56. The Hall–Kier alpha value is -3.01. The molecule has 1 aromatic heterocycles. The van der Waals surface area contributed by atoms with E-state index in [4.69, 9.17) is 9.98 Å². The van der Waals surface area contributed by atoms with Gasteiger partial charge in [-0.05, 0) is 61.8 Å². The molecular formula is C27H34N4. The molecule has 0 spiro atoms. The van der Waals surface area contributed by atoms with E-state index in [-0.39, 0.29) is 0 Å². The van der Waals surface area contributed by atoms with Crippen LogP contribution >= 0.6 is 0 Å². The summed E-state index contributed by atoms with van der Waals surface area (Å²) in [6.45, 7) is 12.8. The molecule has 4 nitrogen and oxygen atoms in total. The normalized spacial score (nSPS) is 12.5. The summed E-state index contributed by atoms with van der Waals surface area (Å²) in [7, 11) is 0. The number of imidazole rings is 1. The van der Waals surface area contributed by atoms with Gasteiger partial charge in [-0.3, -0.25) is 4.99 Å². The maximum Gasteiger partial charge on any atom is 0.151 e. The molecule has 162 valence electrons. The van der Waals surface area contributed by atoms with Crippen molar-refractivity contribution in [2.75, 3.05) is 0 Å². The highest BCUT2D eigenvalue weighted by Gasteiger charge is 2.11. The average Bonchev–Trinajstić information content (AvgIpc) is 3.30. The van der Waals surface area contributed by atoms with Crippen LogP contribution in [-0.4, -0.2) is 21.4 Å². The minimum Gasteiger partial charge on any atom is -0.336 e. The number of nitrogens with zero attached hydrogens (tertiary/aromatic N) is 3. The van der Waals surface area contributed by atoms with Crippen molar-refractivity contribution in [1.29, 1.82) is 0 Å². The predicted molar refractivity (Wildman–Crippen MR) is 133 cm³/mol. The van der Waals surface area contributed by atoms with E-state index in [1.54, 1.807) is 0 Å². The summed E-state index contributed by atoms with van der Waals surface area (Å²) in [5.41, 5.74) is 10.0. The summed E-state index contributed by atoms with van der Waals surface area (Å²) >= 11 is 0. The molecule has 0 aliphatic carbocycles. The topological polar surface area (TPSA) is 53.4 Å². The van der Waals surface area contributed by atoms with Gasteiger partial charge in [-0.1, -0.05) is 64.1 Å². The molecule has 0 saturated heterocycles. The number of aromatic amines is 1. The average molecular weight is 415 g/mol. The summed E-state index contributed by atoms with van der Waals surface area (Å²) in [6.07, 6.45) is 5.73. The first-order chi connectivity index (χ1) is 15.0. The first-order valence-corrected chi connectivity index (χ1v) is 11.4. The van der Waals surface area contributed by atoms with Crippen LogP contribution in [0.4, 0.5) is 11.4 Å². The molecule has 0 amide bonds. The lowest BCUT2D eigenvalue weighted by Gasteiger charge is -2.10. The minimum atomic E-state index is 0.789. The quantitative estimate of drug-likeness (QED) is 0.399. The third-order valence-electron chi connectivity index (χ3n) is 5.80. The number of hydrogen-bond acceptors (Lipinski definition) is 3. The minimum absolute atomic E-state index is 0.789. The number of aromatic nitrogens is 2. The Morgan fingerprint density at radius 1 is 0.710 bits per heavy atom. The third kappa shape index (κ3) is 5.01. The van der Waals surface area contributed by atoms with Crippen LogP contribution in [0.15, 0.2) is 52.6 Å². The van der Waals surface area contributed by atoms with E-state index in [0.717, 1.165) is 60.0 Å². The Morgan fingerprint density at radius 2 is 1.13 bits per heavy atom. The molecule has 31 heavy (non-hydrogen) atoms. The molecule has 0 radical (unpaired) electrons. The lowest BCUT2D eigenvalue weighted by atomic mass is 10.0. The predicted octanol–water partition coefficient (Wildman–Crippen LogP) is 6.94. The number of rotatable bonds is 8. The molecule has 0 fully saturated rings. The summed E-state index contributed by atoms with van der Waals surface area (Å²) in [4.78, 5) is 18.0. The first-order valence-electron chi connectivity index (χ1n) is 11.4. The van der Waals surface area contributed by atoms with E-state index in [2.05, 4.69) is 74.1 Å². The van der Waals surface area contributed by atoms with Crippen LogP contribution in [0.3, 0.4) is 0 Å². The highest BCUT2D eigenvalue weighted by Crippen LogP contribution is 2.28. The monoisotopic (exact) mass is 414 g/mol. The number of benzene rings is 2. The zero-order valence-electron chi connectivity index (χ0n) is 19.7. The molecule has 0 saturated carbocycles. The zero-order valence-corrected chi connectivity index (χ0v) is 19.7. The summed E-state index contributed by atoms with van der Waals surface area (Å²) in [6, 6.07) is 12.9. The van der Waals surface area contributed by atoms with Gasteiger partial charge in [0.1, 0.15) is 0 Å². The SMILES string of the molecule is CCc1cccc(CC)c1N=C(C)c1cnc(C(C)=Nc2c(CC)cccc2CC)[nH]1. The maximum absolute atomic E-state index is 4.99. The van der Waals surface area contributed by atoms with Gasteiger partial charge in [-0.2, -0.15) is 0 Å². The van der Waals surface area contributed by atoms with Gasteiger partial charge in [0.2, 0.25) is 0 Å². The van der Waals surface area contributed by atoms with Gasteiger partial charge >= 0.3 is 0 Å². The van der Waals surface area contributed by atoms with E-state index in [1.807, 2.05) is 20.0 Å². The summed E-state index contributed by atoms with van der Waals surface area (Å²) in [5, 5.41) is 0. The van der Waals surface area contributed by atoms with Gasteiger partial charge in [0.15, 0.2) is 5.82 Å². The third-order valence-corrected chi connectivity index (χ3v) is 5.80. The number of H-pyrrole nitrogens is 1. The van der Waals surface area contributed by atoms with Gasteiger partial charge in [0, 0.05) is 0 Å². The molecule has 0 aliphatic rings. The smallest absolute Gasteiger partial charge is 0.151 e. The molecular weight excluding hydrogens is 380 g/mol. The van der Waals surface area contributed by atoms with Gasteiger partial charge in [-0.15, -0.1) is 0 Å². The summed E-state index contributed by atoms with van der Waals surface area (Å²) < 4.78 is 0. The second-order valence-corrected chi connectivity index (χ2v) is 7.80. The molecule has 3 rings (SSSR count). The van der Waals surface area contributed by atoms with Crippen molar-refractivity contribution in [2.24, 2.45) is 9.98 Å². The fourth-order valence-corrected chi connectivity index (χ4v) is 3.85. The molecule has 0 bridgehead atoms. The van der Waals surface area contributed by atoms with Crippen molar-refractivity contribution in [1.82, 2.24) is 9.97 Å². The van der Waals surface area contributed by atoms with Crippen LogP contribution in [-0.2, 0) is 25.7 Å². The van der Waals surface area contributed by atoms with Crippen LogP contribution in [0, 0.1) is 0 Å². The fraction of sp³-hybridized carbons (Fsp3) is 0.370. The Bertz CT molecular complexity index is 972. The molecule has 3 aromatic rings. The highest BCUT2D eigenvalue weighted by molar-refractivity contribution is 6.02. The zero-order chi connectivity index (χ0) is 22.4. The van der Waals surface area contributed by atoms with Crippen molar-refractivity contribution in [3.63, 3.8) is 0 Å².